The molecule has 150 valence electrons. The van der Waals surface area contributed by atoms with Crippen LogP contribution in [0.2, 0.25) is 0 Å². The molecule has 3 rings (SSSR count). The van der Waals surface area contributed by atoms with Crippen LogP contribution in [0.15, 0.2) is 53.7 Å². The van der Waals surface area contributed by atoms with E-state index in [9.17, 15) is 9.59 Å². The Kier molecular flexibility index (Phi) is 6.82. The lowest BCUT2D eigenvalue weighted by molar-refractivity contribution is -0.139. The van der Waals surface area contributed by atoms with Crippen LogP contribution >= 0.6 is 11.8 Å². The van der Waals surface area contributed by atoms with Crippen LogP contribution in [0.1, 0.15) is 32.9 Å². The van der Waals surface area contributed by atoms with Crippen molar-refractivity contribution in [3.8, 4) is 0 Å². The quantitative estimate of drug-likeness (QED) is 0.320. The van der Waals surface area contributed by atoms with Gasteiger partial charge in [-0.3, -0.25) is 9.59 Å². The summed E-state index contributed by atoms with van der Waals surface area (Å²) in [6.45, 7) is 6.08. The van der Waals surface area contributed by atoms with Crippen molar-refractivity contribution in [2.75, 3.05) is 12.4 Å². The van der Waals surface area contributed by atoms with Gasteiger partial charge in [-0.2, -0.15) is 0 Å². The van der Waals surface area contributed by atoms with Crippen molar-refractivity contribution in [2.24, 2.45) is 0 Å². The number of Topliss-reactive ketones (excluding diaryl/α,β-unsaturated/α-hetero) is 1. The van der Waals surface area contributed by atoms with E-state index < -0.39 is 5.97 Å². The van der Waals surface area contributed by atoms with Crippen LogP contribution in [0.4, 0.5) is 0 Å². The molecule has 1 heterocycles. The molecule has 1 aromatic heterocycles. The molecule has 0 saturated carbocycles. The number of carbonyl (C=O) groups excluding carboxylic acids is 2. The normalized spacial score (nSPS) is 10.7. The van der Waals surface area contributed by atoms with Crippen molar-refractivity contribution in [3.05, 3.63) is 76.6 Å². The van der Waals surface area contributed by atoms with Gasteiger partial charge < -0.3 is 9.30 Å². The average Bonchev–Trinajstić information content (AvgIpc) is 3.05. The first-order valence-electron chi connectivity index (χ1n) is 9.26. The summed E-state index contributed by atoms with van der Waals surface area (Å²) < 4.78 is 7.12. The standard InChI is InChI=1S/C22H23N3O3S/c1-15-9-10-19(16(2)11-15)20(26)13-28-21(27)14-29-22-24-23-17(3)25(22)12-18-7-5-4-6-8-18/h4-11H,12-14H2,1-3H3. The minimum Gasteiger partial charge on any atom is -0.457 e. The maximum Gasteiger partial charge on any atom is 0.316 e. The summed E-state index contributed by atoms with van der Waals surface area (Å²) in [5.74, 6) is 0.173. The minimum absolute atomic E-state index is 0.0626. The van der Waals surface area contributed by atoms with Crippen molar-refractivity contribution >= 4 is 23.5 Å². The summed E-state index contributed by atoms with van der Waals surface area (Å²) in [5, 5.41) is 8.90. The average molecular weight is 410 g/mol. The van der Waals surface area contributed by atoms with Crippen molar-refractivity contribution in [3.63, 3.8) is 0 Å². The number of carbonyl (C=O) groups is 2. The Morgan fingerprint density at radius 1 is 1.03 bits per heavy atom. The van der Waals surface area contributed by atoms with Crippen molar-refractivity contribution in [1.82, 2.24) is 14.8 Å². The number of hydrogen-bond acceptors (Lipinski definition) is 6. The molecule has 0 aliphatic rings. The van der Waals surface area contributed by atoms with Gasteiger partial charge in [0.05, 0.1) is 12.3 Å². The highest BCUT2D eigenvalue weighted by atomic mass is 32.2. The largest absolute Gasteiger partial charge is 0.457 e. The van der Waals surface area contributed by atoms with E-state index in [1.54, 1.807) is 6.07 Å². The molecular formula is C22H23N3O3S. The summed E-state index contributed by atoms with van der Waals surface area (Å²) in [6.07, 6.45) is 0. The fourth-order valence-corrected chi connectivity index (χ4v) is 3.71. The Morgan fingerprint density at radius 3 is 2.52 bits per heavy atom. The second-order valence-corrected chi connectivity index (χ2v) is 7.73. The highest BCUT2D eigenvalue weighted by Crippen LogP contribution is 2.19. The first-order valence-corrected chi connectivity index (χ1v) is 10.2. The number of aryl methyl sites for hydroxylation is 3. The Labute approximate surface area is 174 Å². The molecule has 0 aliphatic carbocycles. The Hall–Kier alpha value is -2.93. The van der Waals surface area contributed by atoms with Gasteiger partial charge in [-0.1, -0.05) is 65.9 Å². The SMILES string of the molecule is Cc1ccc(C(=O)COC(=O)CSc2nnc(C)n2Cc2ccccc2)c(C)c1. The van der Waals surface area contributed by atoms with Crippen molar-refractivity contribution in [2.45, 2.75) is 32.5 Å². The number of benzene rings is 2. The van der Waals surface area contributed by atoms with E-state index in [0.717, 1.165) is 22.5 Å². The third-order valence-corrected chi connectivity index (χ3v) is 5.39. The molecule has 0 radical (unpaired) electrons. The van der Waals surface area contributed by atoms with Gasteiger partial charge in [-0.05, 0) is 31.9 Å². The van der Waals surface area contributed by atoms with Gasteiger partial charge in [0.1, 0.15) is 5.82 Å². The van der Waals surface area contributed by atoms with E-state index in [2.05, 4.69) is 10.2 Å². The van der Waals surface area contributed by atoms with Crippen LogP contribution in [0.25, 0.3) is 0 Å². The summed E-state index contributed by atoms with van der Waals surface area (Å²) in [5.41, 5.74) is 3.67. The van der Waals surface area contributed by atoms with Gasteiger partial charge in [0.2, 0.25) is 5.78 Å². The fraction of sp³-hybridized carbons (Fsp3) is 0.273. The number of hydrogen-bond donors (Lipinski definition) is 0. The molecule has 0 atom stereocenters. The van der Waals surface area contributed by atoms with E-state index in [1.807, 2.05) is 67.8 Å². The van der Waals surface area contributed by atoms with Gasteiger partial charge in [-0.15, -0.1) is 10.2 Å². The van der Waals surface area contributed by atoms with Crippen LogP contribution in [0, 0.1) is 20.8 Å². The summed E-state index contributed by atoms with van der Waals surface area (Å²) in [4.78, 5) is 24.4. The molecule has 7 heteroatoms. The lowest BCUT2D eigenvalue weighted by atomic mass is 10.0. The maximum absolute atomic E-state index is 12.3. The molecule has 0 N–H and O–H groups in total. The van der Waals surface area contributed by atoms with E-state index in [1.165, 1.54) is 11.8 Å². The maximum atomic E-state index is 12.3. The lowest BCUT2D eigenvalue weighted by Gasteiger charge is -2.09. The molecule has 3 aromatic rings. The van der Waals surface area contributed by atoms with Gasteiger partial charge in [0, 0.05) is 5.56 Å². The van der Waals surface area contributed by atoms with Gasteiger partial charge in [0.25, 0.3) is 0 Å². The zero-order valence-corrected chi connectivity index (χ0v) is 17.5. The predicted octanol–water partition coefficient (Wildman–Crippen LogP) is 3.77. The molecule has 0 unspecified atom stereocenters. The van der Waals surface area contributed by atoms with Crippen LogP contribution < -0.4 is 0 Å². The van der Waals surface area contributed by atoms with Crippen LogP contribution in [-0.4, -0.2) is 38.9 Å². The number of esters is 1. The first-order chi connectivity index (χ1) is 13.9. The monoisotopic (exact) mass is 409 g/mol. The zero-order valence-electron chi connectivity index (χ0n) is 16.7. The number of thioether (sulfide) groups is 1. The minimum atomic E-state index is -0.458. The van der Waals surface area contributed by atoms with Crippen LogP contribution in [0.5, 0.6) is 0 Å². The number of ketones is 1. The van der Waals surface area contributed by atoms with Crippen molar-refractivity contribution in [1.29, 1.82) is 0 Å². The number of rotatable bonds is 8. The number of ether oxygens (including phenoxy) is 1. The molecule has 0 fully saturated rings. The van der Waals surface area contributed by atoms with E-state index >= 15 is 0 Å². The predicted molar refractivity (Wildman–Crippen MR) is 112 cm³/mol. The number of nitrogens with zero attached hydrogens (tertiary/aromatic N) is 3. The van der Waals surface area contributed by atoms with E-state index in [4.69, 9.17) is 4.74 Å². The van der Waals surface area contributed by atoms with E-state index in [0.29, 0.717) is 17.3 Å². The summed E-state index contributed by atoms with van der Waals surface area (Å²) >= 11 is 1.25. The summed E-state index contributed by atoms with van der Waals surface area (Å²) in [7, 11) is 0. The van der Waals surface area contributed by atoms with Crippen LogP contribution in [0.3, 0.4) is 0 Å². The molecule has 2 aromatic carbocycles. The molecule has 0 bridgehead atoms. The fourth-order valence-electron chi connectivity index (χ4n) is 2.93. The third kappa shape index (κ3) is 5.54. The lowest BCUT2D eigenvalue weighted by Crippen LogP contribution is -2.16. The second-order valence-electron chi connectivity index (χ2n) is 6.79. The van der Waals surface area contributed by atoms with E-state index in [-0.39, 0.29) is 18.1 Å². The molecule has 6 nitrogen and oxygen atoms in total. The summed E-state index contributed by atoms with van der Waals surface area (Å²) in [6, 6.07) is 15.6. The van der Waals surface area contributed by atoms with Gasteiger partial charge in [-0.25, -0.2) is 0 Å². The Morgan fingerprint density at radius 2 is 1.79 bits per heavy atom. The third-order valence-electron chi connectivity index (χ3n) is 4.45. The molecule has 29 heavy (non-hydrogen) atoms. The highest BCUT2D eigenvalue weighted by Gasteiger charge is 2.15. The first kappa shape index (κ1) is 20.8. The highest BCUT2D eigenvalue weighted by molar-refractivity contribution is 7.99. The smallest absolute Gasteiger partial charge is 0.316 e. The molecular weight excluding hydrogens is 386 g/mol. The molecule has 0 spiro atoms. The van der Waals surface area contributed by atoms with Gasteiger partial charge >= 0.3 is 5.97 Å². The Balaban J connectivity index is 1.54. The Bertz CT molecular complexity index is 1020. The molecule has 0 aliphatic heterocycles. The topological polar surface area (TPSA) is 74.1 Å². The molecule has 0 saturated heterocycles. The molecule has 0 amide bonds. The second kappa shape index (κ2) is 9.52. The van der Waals surface area contributed by atoms with Crippen molar-refractivity contribution < 1.29 is 14.3 Å². The van der Waals surface area contributed by atoms with Crippen LogP contribution in [-0.2, 0) is 16.1 Å². The van der Waals surface area contributed by atoms with Gasteiger partial charge in [0.15, 0.2) is 11.8 Å². The number of aromatic nitrogens is 3. The zero-order chi connectivity index (χ0) is 20.8.